The van der Waals surface area contributed by atoms with Crippen LogP contribution in [0.3, 0.4) is 0 Å². The van der Waals surface area contributed by atoms with Gasteiger partial charge in [-0.1, -0.05) is 13.8 Å². The third-order valence-corrected chi connectivity index (χ3v) is 2.23. The van der Waals surface area contributed by atoms with Gasteiger partial charge in [0.25, 0.3) is 0 Å². The summed E-state index contributed by atoms with van der Waals surface area (Å²) in [6, 6.07) is 0. The number of imidazole rings is 1. The average molecular weight is 206 g/mol. The zero-order valence-electron chi connectivity index (χ0n) is 9.86. The van der Waals surface area contributed by atoms with Crippen molar-refractivity contribution in [3.05, 3.63) is 11.5 Å². The van der Waals surface area contributed by atoms with Crippen LogP contribution in [0.2, 0.25) is 0 Å². The first-order valence-corrected chi connectivity index (χ1v) is 5.15. The smallest absolute Gasteiger partial charge is 0.160 e. The summed E-state index contributed by atoms with van der Waals surface area (Å²) in [7, 11) is 1.73. The third kappa shape index (κ3) is 2.14. The molecule has 0 radical (unpaired) electrons. The van der Waals surface area contributed by atoms with Gasteiger partial charge in [0.15, 0.2) is 5.82 Å². The summed E-state index contributed by atoms with van der Waals surface area (Å²) >= 11 is 0. The minimum atomic E-state index is 0.379. The molecular weight excluding hydrogens is 188 g/mol. The lowest BCUT2D eigenvalue weighted by atomic mass is 10.2. The fourth-order valence-corrected chi connectivity index (χ4v) is 1.61. The zero-order chi connectivity index (χ0) is 11.4. The largest absolute Gasteiger partial charge is 0.313 e. The molecule has 15 heavy (non-hydrogen) atoms. The van der Waals surface area contributed by atoms with E-state index in [1.54, 1.807) is 13.3 Å². The molecular formula is C11H18N4. The molecule has 0 saturated heterocycles. The molecule has 1 aromatic heterocycles. The van der Waals surface area contributed by atoms with E-state index in [-0.39, 0.29) is 0 Å². The van der Waals surface area contributed by atoms with Crippen molar-refractivity contribution in [2.75, 3.05) is 7.05 Å². The molecule has 1 heterocycles. The molecule has 0 fully saturated rings. The van der Waals surface area contributed by atoms with Crippen molar-refractivity contribution in [3.8, 4) is 0 Å². The van der Waals surface area contributed by atoms with Crippen LogP contribution < -0.4 is 0 Å². The number of hydrogen-bond acceptors (Lipinski definition) is 3. The van der Waals surface area contributed by atoms with Crippen LogP contribution in [0.15, 0.2) is 9.98 Å². The Morgan fingerprint density at radius 3 is 2.60 bits per heavy atom. The van der Waals surface area contributed by atoms with E-state index in [0.717, 1.165) is 23.9 Å². The Bertz CT molecular complexity index is 374. The molecule has 4 nitrogen and oxygen atoms in total. The van der Waals surface area contributed by atoms with Crippen LogP contribution in [-0.2, 0) is 6.54 Å². The summed E-state index contributed by atoms with van der Waals surface area (Å²) in [5.74, 6) is 2.23. The third-order valence-electron chi connectivity index (χ3n) is 2.23. The summed E-state index contributed by atoms with van der Waals surface area (Å²) in [5.41, 5.74) is 0.804. The van der Waals surface area contributed by atoms with E-state index in [1.165, 1.54) is 0 Å². The summed E-state index contributed by atoms with van der Waals surface area (Å²) in [6.07, 6.45) is 1.72. The summed E-state index contributed by atoms with van der Waals surface area (Å²) in [6.45, 7) is 10.8. The molecule has 0 aromatic carbocycles. The van der Waals surface area contributed by atoms with Crippen LogP contribution in [0.1, 0.15) is 38.2 Å². The van der Waals surface area contributed by atoms with Gasteiger partial charge in [-0.3, -0.25) is 4.99 Å². The highest BCUT2D eigenvalue weighted by molar-refractivity contribution is 5.83. The lowest BCUT2D eigenvalue weighted by molar-refractivity contribution is 0.655. The number of aromatic nitrogens is 2. The molecule has 82 valence electrons. The van der Waals surface area contributed by atoms with Gasteiger partial charge in [-0.25, -0.2) is 9.98 Å². The second-order valence-corrected chi connectivity index (χ2v) is 3.62. The minimum absolute atomic E-state index is 0.379. The molecule has 0 spiro atoms. The zero-order valence-corrected chi connectivity index (χ0v) is 9.86. The quantitative estimate of drug-likeness (QED) is 0.697. The van der Waals surface area contributed by atoms with Crippen LogP contribution in [-0.4, -0.2) is 29.5 Å². The SMILES string of the molecule is C=Nc1c(C=NC)nc(C(C)C)n1CC. The fraction of sp³-hybridized carbons (Fsp3) is 0.545. The van der Waals surface area contributed by atoms with Gasteiger partial charge in [0, 0.05) is 19.5 Å². The lowest BCUT2D eigenvalue weighted by Gasteiger charge is -2.08. The molecule has 1 rings (SSSR count). The van der Waals surface area contributed by atoms with E-state index in [2.05, 4.69) is 47.0 Å². The van der Waals surface area contributed by atoms with Gasteiger partial charge in [-0.05, 0) is 13.6 Å². The summed E-state index contributed by atoms with van der Waals surface area (Å²) < 4.78 is 2.08. The van der Waals surface area contributed by atoms with Crippen molar-refractivity contribution in [2.45, 2.75) is 33.2 Å². The van der Waals surface area contributed by atoms with Gasteiger partial charge in [0.05, 0.1) is 6.21 Å². The maximum atomic E-state index is 4.52. The van der Waals surface area contributed by atoms with Gasteiger partial charge in [0.2, 0.25) is 0 Å². The van der Waals surface area contributed by atoms with Crippen molar-refractivity contribution in [2.24, 2.45) is 9.98 Å². The molecule has 0 aliphatic rings. The second-order valence-electron chi connectivity index (χ2n) is 3.62. The predicted molar refractivity (Wildman–Crippen MR) is 64.7 cm³/mol. The van der Waals surface area contributed by atoms with Gasteiger partial charge >= 0.3 is 0 Å². The average Bonchev–Trinajstić information content (AvgIpc) is 2.56. The summed E-state index contributed by atoms with van der Waals surface area (Å²) in [5, 5.41) is 0. The van der Waals surface area contributed by atoms with Crippen LogP contribution in [0.4, 0.5) is 5.82 Å². The molecule has 0 N–H and O–H groups in total. The number of aliphatic imine (C=N–C) groups is 2. The topological polar surface area (TPSA) is 42.5 Å². The monoisotopic (exact) mass is 206 g/mol. The van der Waals surface area contributed by atoms with Crippen molar-refractivity contribution in [1.82, 2.24) is 9.55 Å². The Balaban J connectivity index is 3.36. The van der Waals surface area contributed by atoms with Crippen molar-refractivity contribution >= 4 is 18.7 Å². The van der Waals surface area contributed by atoms with Crippen LogP contribution in [0.25, 0.3) is 0 Å². The normalized spacial score (nSPS) is 11.5. The van der Waals surface area contributed by atoms with Gasteiger partial charge in [0.1, 0.15) is 11.5 Å². The molecule has 0 aliphatic carbocycles. The number of rotatable bonds is 4. The van der Waals surface area contributed by atoms with E-state index < -0.39 is 0 Å². The highest BCUT2D eigenvalue weighted by atomic mass is 15.2. The maximum Gasteiger partial charge on any atom is 0.160 e. The number of nitrogens with zero attached hydrogens (tertiary/aromatic N) is 4. The Morgan fingerprint density at radius 2 is 2.20 bits per heavy atom. The van der Waals surface area contributed by atoms with Crippen LogP contribution in [0.5, 0.6) is 0 Å². The predicted octanol–water partition coefficient (Wildman–Crippen LogP) is 2.41. The van der Waals surface area contributed by atoms with Crippen molar-refractivity contribution in [3.63, 3.8) is 0 Å². The second kappa shape index (κ2) is 4.87. The van der Waals surface area contributed by atoms with Crippen molar-refractivity contribution in [1.29, 1.82) is 0 Å². The highest BCUT2D eigenvalue weighted by Gasteiger charge is 2.15. The Kier molecular flexibility index (Phi) is 3.77. The number of hydrogen-bond donors (Lipinski definition) is 0. The van der Waals surface area contributed by atoms with E-state index >= 15 is 0 Å². The lowest BCUT2D eigenvalue weighted by Crippen LogP contribution is -2.02. The Hall–Kier alpha value is -1.45. The maximum absolute atomic E-state index is 4.52. The Labute approximate surface area is 90.8 Å². The molecule has 0 atom stereocenters. The molecule has 0 amide bonds. The van der Waals surface area contributed by atoms with Crippen molar-refractivity contribution < 1.29 is 0 Å². The molecule has 0 unspecified atom stereocenters. The first-order valence-electron chi connectivity index (χ1n) is 5.15. The van der Waals surface area contributed by atoms with Crippen LogP contribution >= 0.6 is 0 Å². The van der Waals surface area contributed by atoms with Gasteiger partial charge in [-0.2, -0.15) is 0 Å². The first-order chi connectivity index (χ1) is 7.15. The van der Waals surface area contributed by atoms with E-state index in [1.807, 2.05) is 0 Å². The molecule has 0 saturated carbocycles. The Morgan fingerprint density at radius 1 is 1.53 bits per heavy atom. The van der Waals surface area contributed by atoms with E-state index in [4.69, 9.17) is 0 Å². The standard InChI is InChI=1S/C11H18N4/c1-6-15-10(8(2)3)14-9(7-12-4)11(15)13-5/h7-8H,5-6H2,1-4H3. The summed E-state index contributed by atoms with van der Waals surface area (Å²) in [4.78, 5) is 12.5. The van der Waals surface area contributed by atoms with E-state index in [0.29, 0.717) is 5.92 Å². The van der Waals surface area contributed by atoms with Crippen LogP contribution in [0, 0.1) is 0 Å². The first kappa shape index (κ1) is 11.6. The minimum Gasteiger partial charge on any atom is -0.313 e. The van der Waals surface area contributed by atoms with E-state index in [9.17, 15) is 0 Å². The molecule has 0 bridgehead atoms. The molecule has 0 aliphatic heterocycles. The van der Waals surface area contributed by atoms with Gasteiger partial charge < -0.3 is 4.57 Å². The fourth-order valence-electron chi connectivity index (χ4n) is 1.61. The highest BCUT2D eigenvalue weighted by Crippen LogP contribution is 2.24. The molecule has 4 heteroatoms. The molecule has 1 aromatic rings. The van der Waals surface area contributed by atoms with Gasteiger partial charge in [-0.15, -0.1) is 0 Å².